The third-order valence-electron chi connectivity index (χ3n) is 10.2. The van der Waals surface area contributed by atoms with Crippen molar-refractivity contribution in [1.29, 1.82) is 0 Å². The topological polar surface area (TPSA) is 131 Å². The molecule has 1 heterocycles. The van der Waals surface area contributed by atoms with Gasteiger partial charge >= 0.3 is 5.97 Å². The summed E-state index contributed by atoms with van der Waals surface area (Å²) in [6.07, 6.45) is 16.5. The normalized spacial score (nSPS) is 19.0. The van der Waals surface area contributed by atoms with Gasteiger partial charge in [-0.3, -0.25) is 14.4 Å². The number of carboxylic acids is 1. The zero-order valence-corrected chi connectivity index (χ0v) is 28.8. The highest BCUT2D eigenvalue weighted by Crippen LogP contribution is 2.41. The molecule has 2 aromatic carbocycles. The molecule has 2 aliphatic carbocycles. The molecular weight excluding hydrogens is 620 g/mol. The van der Waals surface area contributed by atoms with E-state index >= 15 is 0 Å². The number of hydrogen-bond donors (Lipinski definition) is 2. The van der Waals surface area contributed by atoms with Crippen LogP contribution in [0.3, 0.4) is 0 Å². The standard InChI is InChI=1S/C39H48N4O6/c1-4-26-5-9-28(10-6-26)29-11-13-30(14-12-29)33-21-41-39(42-22-33)31-15-16-32(35(20-31)49-3)24-43(25-38(46)47)37(45)23-40-36(44)19-27-7-17-34(48-2)18-8-27/h7-8,13,15-18,20-22,26,28-29H,4-6,9-12,14,19,23-25H2,1-3H3,(H,40,44)(H,46,47)/t26-,28-,29?. The fourth-order valence-corrected chi connectivity index (χ4v) is 7.15. The van der Waals surface area contributed by atoms with Crippen molar-refractivity contribution >= 4 is 23.4 Å². The van der Waals surface area contributed by atoms with Crippen LogP contribution in [0.25, 0.3) is 17.0 Å². The maximum absolute atomic E-state index is 13.1. The van der Waals surface area contributed by atoms with Crippen LogP contribution in [0.5, 0.6) is 11.5 Å². The third kappa shape index (κ3) is 9.68. The molecule has 1 aromatic heterocycles. The number of carboxylic acid groups (broad SMARTS) is 1. The maximum atomic E-state index is 13.1. The van der Waals surface area contributed by atoms with Crippen LogP contribution in [0.1, 0.15) is 75.0 Å². The Labute approximate surface area is 288 Å². The number of carbonyl (C=O) groups is 3. The highest BCUT2D eigenvalue weighted by Gasteiger charge is 2.28. The van der Waals surface area contributed by atoms with Gasteiger partial charge in [-0.25, -0.2) is 9.97 Å². The van der Waals surface area contributed by atoms with Crippen LogP contribution in [0, 0.1) is 17.8 Å². The average Bonchev–Trinajstić information content (AvgIpc) is 3.14. The van der Waals surface area contributed by atoms with Gasteiger partial charge in [-0.2, -0.15) is 0 Å². The Morgan fingerprint density at radius 1 is 0.918 bits per heavy atom. The van der Waals surface area contributed by atoms with Crippen molar-refractivity contribution in [3.8, 4) is 22.9 Å². The van der Waals surface area contributed by atoms with Gasteiger partial charge in [0, 0.05) is 35.6 Å². The van der Waals surface area contributed by atoms with Crippen molar-refractivity contribution < 1.29 is 29.0 Å². The molecule has 10 nitrogen and oxygen atoms in total. The zero-order chi connectivity index (χ0) is 34.8. The van der Waals surface area contributed by atoms with Crippen molar-refractivity contribution in [2.24, 2.45) is 17.8 Å². The summed E-state index contributed by atoms with van der Waals surface area (Å²) in [4.78, 5) is 47.7. The number of allylic oxidation sites excluding steroid dienone is 2. The van der Waals surface area contributed by atoms with Crippen LogP contribution in [-0.4, -0.2) is 65.1 Å². The van der Waals surface area contributed by atoms with E-state index in [1.807, 2.05) is 18.5 Å². The molecule has 2 amide bonds. The second-order valence-corrected chi connectivity index (χ2v) is 13.2. The molecule has 3 aromatic rings. The Morgan fingerprint density at radius 3 is 2.27 bits per heavy atom. The fraction of sp³-hybridized carbons (Fsp3) is 0.462. The summed E-state index contributed by atoms with van der Waals surface area (Å²) in [5, 5.41) is 12.1. The molecule has 0 saturated heterocycles. The second kappa shape index (κ2) is 17.1. The Hall–Kier alpha value is -4.73. The molecule has 5 rings (SSSR count). The van der Waals surface area contributed by atoms with E-state index in [0.717, 1.165) is 47.3 Å². The minimum absolute atomic E-state index is 0.0159. The first-order valence-corrected chi connectivity index (χ1v) is 17.3. The van der Waals surface area contributed by atoms with Crippen LogP contribution >= 0.6 is 0 Å². The highest BCUT2D eigenvalue weighted by molar-refractivity contribution is 5.87. The zero-order valence-electron chi connectivity index (χ0n) is 28.8. The van der Waals surface area contributed by atoms with E-state index < -0.39 is 18.4 Å². The number of aliphatic carboxylic acids is 1. The number of aromatic nitrogens is 2. The molecule has 0 bridgehead atoms. The molecule has 260 valence electrons. The van der Waals surface area contributed by atoms with Gasteiger partial charge in [0.1, 0.15) is 18.0 Å². The number of nitrogens with one attached hydrogen (secondary N) is 1. The molecule has 1 unspecified atom stereocenters. The summed E-state index contributed by atoms with van der Waals surface area (Å²) in [5.74, 6) is 2.25. The Bertz CT molecular complexity index is 1610. The summed E-state index contributed by atoms with van der Waals surface area (Å²) < 4.78 is 10.8. The Kier molecular flexibility index (Phi) is 12.4. The van der Waals surface area contributed by atoms with Gasteiger partial charge in [0.2, 0.25) is 11.8 Å². The number of benzene rings is 2. The number of carbonyl (C=O) groups excluding carboxylic acids is 2. The van der Waals surface area contributed by atoms with Crippen molar-refractivity contribution in [3.63, 3.8) is 0 Å². The van der Waals surface area contributed by atoms with E-state index in [9.17, 15) is 19.5 Å². The first-order chi connectivity index (χ1) is 23.8. The monoisotopic (exact) mass is 668 g/mol. The van der Waals surface area contributed by atoms with Crippen LogP contribution in [0.2, 0.25) is 0 Å². The Balaban J connectivity index is 1.18. The van der Waals surface area contributed by atoms with Crippen molar-refractivity contribution in [1.82, 2.24) is 20.2 Å². The first-order valence-electron chi connectivity index (χ1n) is 17.3. The van der Waals surface area contributed by atoms with Crippen LogP contribution in [-0.2, 0) is 27.3 Å². The molecule has 1 saturated carbocycles. The Morgan fingerprint density at radius 2 is 1.65 bits per heavy atom. The lowest BCUT2D eigenvalue weighted by molar-refractivity contribution is -0.144. The van der Waals surface area contributed by atoms with Crippen LogP contribution in [0.4, 0.5) is 0 Å². The van der Waals surface area contributed by atoms with Gasteiger partial charge in [0.05, 0.1) is 27.2 Å². The van der Waals surface area contributed by atoms with Crippen LogP contribution in [0.15, 0.2) is 60.9 Å². The summed E-state index contributed by atoms with van der Waals surface area (Å²) in [7, 11) is 3.09. The summed E-state index contributed by atoms with van der Waals surface area (Å²) in [6.45, 7) is 1.44. The minimum atomic E-state index is -1.16. The van der Waals surface area contributed by atoms with E-state index in [2.05, 4.69) is 28.3 Å². The molecule has 0 aliphatic heterocycles. The minimum Gasteiger partial charge on any atom is -0.497 e. The van der Waals surface area contributed by atoms with Gasteiger partial charge in [-0.1, -0.05) is 56.5 Å². The smallest absolute Gasteiger partial charge is 0.323 e. The summed E-state index contributed by atoms with van der Waals surface area (Å²) in [6, 6.07) is 12.5. The molecule has 1 atom stereocenters. The lowest BCUT2D eigenvalue weighted by Gasteiger charge is -2.35. The summed E-state index contributed by atoms with van der Waals surface area (Å²) in [5.41, 5.74) is 4.50. The molecule has 49 heavy (non-hydrogen) atoms. The van der Waals surface area contributed by atoms with E-state index in [1.54, 1.807) is 43.5 Å². The lowest BCUT2D eigenvalue weighted by atomic mass is 9.71. The highest BCUT2D eigenvalue weighted by atomic mass is 16.5. The number of amides is 2. The van der Waals surface area contributed by atoms with E-state index in [4.69, 9.17) is 9.47 Å². The lowest BCUT2D eigenvalue weighted by Crippen LogP contribution is -2.42. The van der Waals surface area contributed by atoms with Gasteiger partial charge in [0.15, 0.2) is 5.82 Å². The molecule has 0 spiro atoms. The van der Waals surface area contributed by atoms with E-state index in [-0.39, 0.29) is 25.4 Å². The molecule has 1 fully saturated rings. The van der Waals surface area contributed by atoms with E-state index in [0.29, 0.717) is 22.9 Å². The summed E-state index contributed by atoms with van der Waals surface area (Å²) >= 11 is 0. The van der Waals surface area contributed by atoms with Crippen molar-refractivity contribution in [3.05, 3.63) is 77.6 Å². The number of nitrogens with zero attached hydrogens (tertiary/aromatic N) is 3. The molecule has 2 N–H and O–H groups in total. The average molecular weight is 669 g/mol. The van der Waals surface area contributed by atoms with Gasteiger partial charge in [-0.05, 0) is 79.2 Å². The predicted molar refractivity (Wildman–Crippen MR) is 188 cm³/mol. The second-order valence-electron chi connectivity index (χ2n) is 13.2. The van der Waals surface area contributed by atoms with Crippen molar-refractivity contribution in [2.75, 3.05) is 27.3 Å². The van der Waals surface area contributed by atoms with Gasteiger partial charge < -0.3 is 24.8 Å². The first kappa shape index (κ1) is 35.6. The number of ether oxygens (including phenoxy) is 2. The maximum Gasteiger partial charge on any atom is 0.323 e. The van der Waals surface area contributed by atoms with Crippen LogP contribution < -0.4 is 14.8 Å². The van der Waals surface area contributed by atoms with Gasteiger partial charge in [0.25, 0.3) is 0 Å². The molecule has 2 aliphatic rings. The number of rotatable bonds is 14. The van der Waals surface area contributed by atoms with Crippen molar-refractivity contribution in [2.45, 2.75) is 71.3 Å². The molecule has 10 heteroatoms. The molecular formula is C39H48N4O6. The fourth-order valence-electron chi connectivity index (χ4n) is 7.15. The third-order valence-corrected chi connectivity index (χ3v) is 10.2. The SMILES string of the molecule is CC[C@H]1CC[C@H](C2CC=C(c3cnc(-c4ccc(CN(CC(=O)O)C(=O)CNC(=O)Cc5ccc(OC)cc5)c(OC)c4)nc3)CC2)CC1. The number of methoxy groups -OCH3 is 2. The van der Waals surface area contributed by atoms with E-state index in [1.165, 1.54) is 56.1 Å². The van der Waals surface area contributed by atoms with Gasteiger partial charge in [-0.15, -0.1) is 0 Å². The number of hydrogen-bond acceptors (Lipinski definition) is 7. The molecule has 0 radical (unpaired) electrons. The largest absolute Gasteiger partial charge is 0.497 e. The quantitative estimate of drug-likeness (QED) is 0.204. The predicted octanol–water partition coefficient (Wildman–Crippen LogP) is 6.33.